The highest BCUT2D eigenvalue weighted by Crippen LogP contribution is 2.33. The second-order valence-corrected chi connectivity index (χ2v) is 9.79. The van der Waals surface area contributed by atoms with Crippen LogP contribution in [0.2, 0.25) is 0 Å². The zero-order valence-electron chi connectivity index (χ0n) is 18.4. The largest absolute Gasteiger partial charge is 0.488 e. The number of hydrogen-bond acceptors (Lipinski definition) is 6. The molecule has 0 spiro atoms. The van der Waals surface area contributed by atoms with Crippen molar-refractivity contribution in [2.45, 2.75) is 43.5 Å². The summed E-state index contributed by atoms with van der Waals surface area (Å²) >= 11 is 0. The van der Waals surface area contributed by atoms with Gasteiger partial charge in [0.15, 0.2) is 17.1 Å². The number of nitrogens with one attached hydrogen (secondary N) is 2. The Balaban J connectivity index is 1.92. The molecule has 0 saturated carbocycles. The van der Waals surface area contributed by atoms with Gasteiger partial charge in [0.2, 0.25) is 10.0 Å². The van der Waals surface area contributed by atoms with Crippen molar-refractivity contribution < 1.29 is 27.4 Å². The molecule has 1 aromatic carbocycles. The fraction of sp³-hybridized carbons (Fsp3) is 0.364. The minimum atomic E-state index is -4.19. The lowest BCUT2D eigenvalue weighted by Crippen LogP contribution is -2.45. The molecule has 0 aliphatic carbocycles. The normalized spacial score (nSPS) is 17.9. The molecule has 1 amide bonds. The Bertz CT molecular complexity index is 1310. The number of carbonyl (C=O) groups excluding carboxylic acids is 1. The van der Waals surface area contributed by atoms with Gasteiger partial charge in [0.05, 0.1) is 17.7 Å². The number of benzene rings is 1. The quantitative estimate of drug-likeness (QED) is 0.579. The third-order valence-corrected chi connectivity index (χ3v) is 6.32. The minimum absolute atomic E-state index is 0.0689. The summed E-state index contributed by atoms with van der Waals surface area (Å²) in [6.45, 7) is 3.82. The molecule has 2 atom stereocenters. The number of halogens is 1. The molecule has 9 nitrogen and oxygen atoms in total. The van der Waals surface area contributed by atoms with E-state index in [0.717, 1.165) is 5.56 Å². The van der Waals surface area contributed by atoms with Crippen LogP contribution >= 0.6 is 0 Å². The third kappa shape index (κ3) is 5.34. The molecular weight excluding hydrogens is 451 g/mol. The SMILES string of the molecule is Cc1ccc(NC(=O)c2c3c(cn2C)S(=O)(=O)N[C@@H]([C@@H](O)C#CC(C)(C)F)CO3)cc1C#N. The Labute approximate surface area is 191 Å². The number of anilines is 1. The average Bonchev–Trinajstić information content (AvgIpc) is 3.00. The second-order valence-electron chi connectivity index (χ2n) is 8.10. The molecule has 33 heavy (non-hydrogen) atoms. The van der Waals surface area contributed by atoms with E-state index in [9.17, 15) is 28.0 Å². The minimum Gasteiger partial charge on any atom is -0.488 e. The smallest absolute Gasteiger partial charge is 0.276 e. The molecule has 3 rings (SSSR count). The number of rotatable bonds is 3. The van der Waals surface area contributed by atoms with Gasteiger partial charge in [-0.05, 0) is 38.5 Å². The highest BCUT2D eigenvalue weighted by atomic mass is 32.2. The first kappa shape index (κ1) is 24.3. The summed E-state index contributed by atoms with van der Waals surface area (Å²) in [7, 11) is -2.71. The Morgan fingerprint density at radius 1 is 1.45 bits per heavy atom. The molecule has 0 radical (unpaired) electrons. The van der Waals surface area contributed by atoms with Crippen LogP contribution in [0.1, 0.15) is 35.5 Å². The molecule has 11 heteroatoms. The molecule has 0 bridgehead atoms. The van der Waals surface area contributed by atoms with Gasteiger partial charge in [-0.2, -0.15) is 5.26 Å². The highest BCUT2D eigenvalue weighted by molar-refractivity contribution is 7.89. The van der Waals surface area contributed by atoms with E-state index >= 15 is 0 Å². The number of nitrogens with zero attached hydrogens (tertiary/aromatic N) is 2. The van der Waals surface area contributed by atoms with Gasteiger partial charge in [0.1, 0.15) is 17.6 Å². The van der Waals surface area contributed by atoms with Crippen LogP contribution in [0, 0.1) is 30.1 Å². The van der Waals surface area contributed by atoms with Crippen LogP contribution in [0.25, 0.3) is 0 Å². The predicted octanol–water partition coefficient (Wildman–Crippen LogP) is 1.61. The van der Waals surface area contributed by atoms with Crippen molar-refractivity contribution in [2.75, 3.05) is 11.9 Å². The van der Waals surface area contributed by atoms with E-state index in [-0.39, 0.29) is 22.9 Å². The summed E-state index contributed by atoms with van der Waals surface area (Å²) in [4.78, 5) is 12.7. The van der Waals surface area contributed by atoms with Crippen LogP contribution < -0.4 is 14.8 Å². The molecule has 2 heterocycles. The highest BCUT2D eigenvalue weighted by Gasteiger charge is 2.36. The fourth-order valence-corrected chi connectivity index (χ4v) is 4.57. The molecule has 1 aliphatic rings. The molecule has 0 saturated heterocycles. The maximum absolute atomic E-state index is 13.6. The van der Waals surface area contributed by atoms with E-state index in [4.69, 9.17) is 4.74 Å². The lowest BCUT2D eigenvalue weighted by molar-refractivity contribution is 0.101. The van der Waals surface area contributed by atoms with E-state index in [2.05, 4.69) is 21.9 Å². The van der Waals surface area contributed by atoms with Crippen LogP contribution in [0.15, 0.2) is 29.3 Å². The molecule has 0 unspecified atom stereocenters. The molecular formula is C22H23FN4O5S. The van der Waals surface area contributed by atoms with E-state index in [1.807, 2.05) is 6.07 Å². The number of hydrogen-bond donors (Lipinski definition) is 3. The van der Waals surface area contributed by atoms with Gasteiger partial charge < -0.3 is 19.7 Å². The fourth-order valence-electron chi connectivity index (χ4n) is 3.15. The molecule has 0 fully saturated rings. The van der Waals surface area contributed by atoms with E-state index in [0.29, 0.717) is 11.3 Å². The third-order valence-electron chi connectivity index (χ3n) is 4.84. The van der Waals surface area contributed by atoms with Crippen LogP contribution in [0.3, 0.4) is 0 Å². The van der Waals surface area contributed by atoms with Crippen LogP contribution in [0.4, 0.5) is 10.1 Å². The topological polar surface area (TPSA) is 133 Å². The van der Waals surface area contributed by atoms with Crippen molar-refractivity contribution >= 4 is 21.6 Å². The number of aromatic nitrogens is 1. The summed E-state index contributed by atoms with van der Waals surface area (Å²) in [6, 6.07) is 5.65. The van der Waals surface area contributed by atoms with Crippen molar-refractivity contribution in [3.8, 4) is 23.7 Å². The van der Waals surface area contributed by atoms with Gasteiger partial charge >= 0.3 is 0 Å². The van der Waals surface area contributed by atoms with E-state index in [1.165, 1.54) is 37.7 Å². The van der Waals surface area contributed by atoms with Gasteiger partial charge in [-0.25, -0.2) is 17.5 Å². The molecule has 174 valence electrons. The van der Waals surface area contributed by atoms with Gasteiger partial charge in [-0.3, -0.25) is 4.79 Å². The number of aryl methyl sites for hydroxylation is 2. The van der Waals surface area contributed by atoms with Gasteiger partial charge in [0.25, 0.3) is 5.91 Å². The molecule has 1 aromatic heterocycles. The first-order valence-corrected chi connectivity index (χ1v) is 11.4. The number of carbonyl (C=O) groups is 1. The standard InChI is InChI=1S/C22H23FN4O5S/c1-13-5-6-15(9-14(13)10-24)25-21(29)19-20-18(11-27(19)4)33(30,31)26-16(12-32-20)17(28)7-8-22(2,3)23/h5-6,9,11,16-17,26,28H,12H2,1-4H3,(H,25,29)/t16-,17+/m1/s1. The first-order valence-electron chi connectivity index (χ1n) is 9.88. The maximum atomic E-state index is 13.6. The number of ether oxygens (including phenoxy) is 1. The average molecular weight is 475 g/mol. The number of aliphatic hydroxyl groups is 1. The number of alkyl halides is 1. The van der Waals surface area contributed by atoms with Crippen molar-refractivity contribution in [3.05, 3.63) is 41.2 Å². The van der Waals surface area contributed by atoms with Crippen molar-refractivity contribution in [1.29, 1.82) is 5.26 Å². The Morgan fingerprint density at radius 3 is 2.79 bits per heavy atom. The Kier molecular flexibility index (Phi) is 6.52. The van der Waals surface area contributed by atoms with Crippen molar-refractivity contribution in [2.24, 2.45) is 7.05 Å². The number of amides is 1. The van der Waals surface area contributed by atoms with Gasteiger partial charge in [-0.15, -0.1) is 0 Å². The summed E-state index contributed by atoms with van der Waals surface area (Å²) in [5, 5.41) is 22.1. The van der Waals surface area contributed by atoms with Crippen LogP contribution in [-0.2, 0) is 17.1 Å². The summed E-state index contributed by atoms with van der Waals surface area (Å²) in [5.74, 6) is 3.65. The summed E-state index contributed by atoms with van der Waals surface area (Å²) in [5.41, 5.74) is -0.462. The van der Waals surface area contributed by atoms with Gasteiger partial charge in [0, 0.05) is 18.9 Å². The van der Waals surface area contributed by atoms with Gasteiger partial charge in [-0.1, -0.05) is 17.9 Å². The van der Waals surface area contributed by atoms with Crippen LogP contribution in [0.5, 0.6) is 5.75 Å². The van der Waals surface area contributed by atoms with E-state index in [1.54, 1.807) is 19.1 Å². The number of nitriles is 1. The molecule has 3 N–H and O–H groups in total. The lowest BCUT2D eigenvalue weighted by Gasteiger charge is -2.18. The predicted molar refractivity (Wildman–Crippen MR) is 118 cm³/mol. The monoisotopic (exact) mass is 474 g/mol. The van der Waals surface area contributed by atoms with Crippen LogP contribution in [-0.4, -0.2) is 48.4 Å². The number of fused-ring (bicyclic) bond motifs is 1. The second kappa shape index (κ2) is 8.87. The summed E-state index contributed by atoms with van der Waals surface area (Å²) in [6.07, 6.45) is -0.324. The number of aliphatic hydroxyl groups excluding tert-OH is 1. The maximum Gasteiger partial charge on any atom is 0.276 e. The Hall–Kier alpha value is -3.38. The molecule has 1 aliphatic heterocycles. The lowest BCUT2D eigenvalue weighted by atomic mass is 10.1. The van der Waals surface area contributed by atoms with Crippen molar-refractivity contribution in [3.63, 3.8) is 0 Å². The van der Waals surface area contributed by atoms with E-state index < -0.39 is 33.7 Å². The summed E-state index contributed by atoms with van der Waals surface area (Å²) < 4.78 is 48.6. The Morgan fingerprint density at radius 2 is 2.15 bits per heavy atom. The first-order chi connectivity index (χ1) is 15.3. The van der Waals surface area contributed by atoms with Crippen molar-refractivity contribution in [1.82, 2.24) is 9.29 Å². The zero-order valence-corrected chi connectivity index (χ0v) is 19.2. The molecule has 2 aromatic rings. The number of sulfonamides is 1. The zero-order chi connectivity index (χ0) is 24.6.